The van der Waals surface area contributed by atoms with Crippen LogP contribution in [0.1, 0.15) is 18.5 Å². The number of carbonyl (C=O) groups is 2. The lowest BCUT2D eigenvalue weighted by Gasteiger charge is -2.38. The molecule has 172 valence electrons. The fourth-order valence-electron chi connectivity index (χ4n) is 3.68. The van der Waals surface area contributed by atoms with Crippen LogP contribution in [0.3, 0.4) is 0 Å². The standard InChI is InChI=1S/C22H26N2O6S2/c1-4-30-21(25)19-18(13-32(27,28)17-7-5-6-15(12-17)29-2)23-22(26)24-20(19)14-8-10-16(31-3)11-9-14/h5-12,18-20H,4,13H2,1-3H3,(H2,23,24,26). The average molecular weight is 479 g/mol. The zero-order chi connectivity index (χ0) is 23.3. The van der Waals surface area contributed by atoms with E-state index in [1.807, 2.05) is 30.5 Å². The monoisotopic (exact) mass is 478 g/mol. The highest BCUT2D eigenvalue weighted by Crippen LogP contribution is 2.32. The summed E-state index contributed by atoms with van der Waals surface area (Å²) < 4.78 is 36.7. The van der Waals surface area contributed by atoms with E-state index in [1.165, 1.54) is 19.2 Å². The van der Waals surface area contributed by atoms with Gasteiger partial charge in [0, 0.05) is 4.90 Å². The van der Waals surface area contributed by atoms with Crippen LogP contribution in [0.15, 0.2) is 58.3 Å². The maximum absolute atomic E-state index is 13.1. The molecule has 3 rings (SSSR count). The molecule has 1 heterocycles. The predicted octanol–water partition coefficient (Wildman–Crippen LogP) is 2.79. The number of amides is 2. The van der Waals surface area contributed by atoms with Crippen molar-refractivity contribution < 1.29 is 27.5 Å². The normalized spacial score (nSPS) is 20.7. The van der Waals surface area contributed by atoms with E-state index in [9.17, 15) is 18.0 Å². The van der Waals surface area contributed by atoms with Gasteiger partial charge in [-0.1, -0.05) is 18.2 Å². The molecule has 1 fully saturated rings. The van der Waals surface area contributed by atoms with Crippen LogP contribution < -0.4 is 15.4 Å². The van der Waals surface area contributed by atoms with Crippen molar-refractivity contribution in [2.45, 2.75) is 28.8 Å². The molecule has 0 aliphatic carbocycles. The van der Waals surface area contributed by atoms with E-state index in [0.29, 0.717) is 11.3 Å². The van der Waals surface area contributed by atoms with E-state index in [0.717, 1.165) is 4.90 Å². The first-order valence-corrected chi connectivity index (χ1v) is 12.9. The number of nitrogens with one attached hydrogen (secondary N) is 2. The van der Waals surface area contributed by atoms with Crippen LogP contribution in [0.4, 0.5) is 4.79 Å². The Kier molecular flexibility index (Phi) is 7.68. The molecule has 2 aromatic carbocycles. The van der Waals surface area contributed by atoms with Crippen molar-refractivity contribution in [3.05, 3.63) is 54.1 Å². The molecule has 2 N–H and O–H groups in total. The first-order chi connectivity index (χ1) is 15.3. The van der Waals surface area contributed by atoms with Gasteiger partial charge in [0.05, 0.1) is 36.4 Å². The van der Waals surface area contributed by atoms with Crippen LogP contribution >= 0.6 is 11.8 Å². The molecule has 1 aliphatic rings. The van der Waals surface area contributed by atoms with Crippen molar-refractivity contribution in [2.75, 3.05) is 25.7 Å². The smallest absolute Gasteiger partial charge is 0.315 e. The van der Waals surface area contributed by atoms with Gasteiger partial charge in [-0.25, -0.2) is 13.2 Å². The van der Waals surface area contributed by atoms with E-state index in [2.05, 4.69) is 10.6 Å². The number of urea groups is 1. The van der Waals surface area contributed by atoms with Gasteiger partial charge in [0.25, 0.3) is 0 Å². The Morgan fingerprint density at radius 2 is 1.84 bits per heavy atom. The Morgan fingerprint density at radius 1 is 1.12 bits per heavy atom. The number of carbonyl (C=O) groups excluding carboxylic acids is 2. The van der Waals surface area contributed by atoms with Crippen molar-refractivity contribution in [1.82, 2.24) is 10.6 Å². The second kappa shape index (κ2) is 10.3. The summed E-state index contributed by atoms with van der Waals surface area (Å²) in [5, 5.41) is 5.38. The lowest BCUT2D eigenvalue weighted by molar-refractivity contribution is -0.150. The highest BCUT2D eigenvalue weighted by Gasteiger charge is 2.45. The van der Waals surface area contributed by atoms with Gasteiger partial charge in [-0.05, 0) is 49.1 Å². The van der Waals surface area contributed by atoms with Crippen molar-refractivity contribution >= 4 is 33.6 Å². The quantitative estimate of drug-likeness (QED) is 0.443. The number of rotatable bonds is 8. The number of hydrogen-bond acceptors (Lipinski definition) is 7. The molecule has 10 heteroatoms. The maximum atomic E-state index is 13.1. The van der Waals surface area contributed by atoms with Gasteiger partial charge < -0.3 is 20.1 Å². The third kappa shape index (κ3) is 5.36. The fraction of sp³-hybridized carbons (Fsp3) is 0.364. The summed E-state index contributed by atoms with van der Waals surface area (Å²) in [7, 11) is -2.40. The maximum Gasteiger partial charge on any atom is 0.315 e. The van der Waals surface area contributed by atoms with Gasteiger partial charge in [-0.15, -0.1) is 11.8 Å². The van der Waals surface area contributed by atoms with Gasteiger partial charge in [0.15, 0.2) is 9.84 Å². The van der Waals surface area contributed by atoms with Crippen molar-refractivity contribution in [2.24, 2.45) is 5.92 Å². The number of thioether (sulfide) groups is 1. The number of methoxy groups -OCH3 is 1. The topological polar surface area (TPSA) is 111 Å². The van der Waals surface area contributed by atoms with Crippen LogP contribution in [0.25, 0.3) is 0 Å². The van der Waals surface area contributed by atoms with Crippen molar-refractivity contribution in [3.8, 4) is 5.75 Å². The molecule has 1 aliphatic heterocycles. The minimum Gasteiger partial charge on any atom is -0.497 e. The predicted molar refractivity (Wildman–Crippen MR) is 122 cm³/mol. The molecular formula is C22H26N2O6S2. The summed E-state index contributed by atoms with van der Waals surface area (Å²) in [4.78, 5) is 26.4. The van der Waals surface area contributed by atoms with Crippen LogP contribution in [-0.4, -0.2) is 52.2 Å². The number of esters is 1. The van der Waals surface area contributed by atoms with E-state index >= 15 is 0 Å². The Balaban J connectivity index is 1.97. The second-order valence-electron chi connectivity index (χ2n) is 7.21. The summed E-state index contributed by atoms with van der Waals surface area (Å²) in [5.74, 6) is -1.58. The summed E-state index contributed by atoms with van der Waals surface area (Å²) in [6.07, 6.45) is 1.95. The summed E-state index contributed by atoms with van der Waals surface area (Å²) in [6.45, 7) is 1.81. The largest absolute Gasteiger partial charge is 0.497 e. The van der Waals surface area contributed by atoms with E-state index < -0.39 is 45.6 Å². The Hall–Kier alpha value is -2.72. The zero-order valence-corrected chi connectivity index (χ0v) is 19.7. The molecular weight excluding hydrogens is 452 g/mol. The molecule has 0 saturated carbocycles. The average Bonchev–Trinajstić information content (AvgIpc) is 2.78. The minimum atomic E-state index is -3.85. The SMILES string of the molecule is CCOC(=O)C1C(CS(=O)(=O)c2cccc(OC)c2)NC(=O)NC1c1ccc(SC)cc1. The van der Waals surface area contributed by atoms with Crippen LogP contribution in [0.5, 0.6) is 5.75 Å². The van der Waals surface area contributed by atoms with Crippen molar-refractivity contribution in [3.63, 3.8) is 0 Å². The second-order valence-corrected chi connectivity index (χ2v) is 10.1. The summed E-state index contributed by atoms with van der Waals surface area (Å²) in [6, 6.07) is 11.2. The van der Waals surface area contributed by atoms with Gasteiger partial charge in [0.1, 0.15) is 11.7 Å². The lowest BCUT2D eigenvalue weighted by atomic mass is 9.86. The van der Waals surface area contributed by atoms with Crippen LogP contribution in [-0.2, 0) is 19.4 Å². The zero-order valence-electron chi connectivity index (χ0n) is 18.0. The molecule has 1 saturated heterocycles. The Bertz CT molecular complexity index is 1070. The molecule has 0 bridgehead atoms. The molecule has 8 nitrogen and oxygen atoms in total. The third-order valence-electron chi connectivity index (χ3n) is 5.23. The minimum absolute atomic E-state index is 0.0492. The highest BCUT2D eigenvalue weighted by molar-refractivity contribution is 7.98. The number of sulfone groups is 1. The Labute approximate surface area is 192 Å². The molecule has 0 spiro atoms. The van der Waals surface area contributed by atoms with Crippen LogP contribution in [0.2, 0.25) is 0 Å². The van der Waals surface area contributed by atoms with Gasteiger partial charge in [-0.2, -0.15) is 0 Å². The Morgan fingerprint density at radius 3 is 2.47 bits per heavy atom. The molecule has 32 heavy (non-hydrogen) atoms. The number of benzene rings is 2. The molecule has 2 aromatic rings. The molecule has 0 radical (unpaired) electrons. The highest BCUT2D eigenvalue weighted by atomic mass is 32.2. The molecule has 3 unspecified atom stereocenters. The number of ether oxygens (including phenoxy) is 2. The summed E-state index contributed by atoms with van der Waals surface area (Å²) in [5.41, 5.74) is 0.694. The van der Waals surface area contributed by atoms with Gasteiger partial charge in [-0.3, -0.25) is 4.79 Å². The van der Waals surface area contributed by atoms with Gasteiger partial charge >= 0.3 is 12.0 Å². The molecule has 2 amide bonds. The van der Waals surface area contributed by atoms with E-state index in [-0.39, 0.29) is 11.5 Å². The van der Waals surface area contributed by atoms with Crippen molar-refractivity contribution in [1.29, 1.82) is 0 Å². The first kappa shape index (κ1) is 23.9. The third-order valence-corrected chi connectivity index (χ3v) is 7.74. The number of hydrogen-bond donors (Lipinski definition) is 2. The van der Waals surface area contributed by atoms with E-state index in [4.69, 9.17) is 9.47 Å². The van der Waals surface area contributed by atoms with Gasteiger partial charge in [0.2, 0.25) is 0 Å². The molecule has 3 atom stereocenters. The fourth-order valence-corrected chi connectivity index (χ4v) is 5.62. The first-order valence-electron chi connectivity index (χ1n) is 10.0. The summed E-state index contributed by atoms with van der Waals surface area (Å²) >= 11 is 1.57. The van der Waals surface area contributed by atoms with E-state index in [1.54, 1.807) is 30.8 Å². The molecule has 0 aromatic heterocycles. The van der Waals surface area contributed by atoms with Crippen LogP contribution in [0, 0.1) is 5.92 Å². The lowest BCUT2D eigenvalue weighted by Crippen LogP contribution is -2.60.